The largest absolute Gasteiger partial charge is 0.307 e. The maximum atomic E-state index is 14.0. The molecule has 1 heterocycles. The second-order valence-electron chi connectivity index (χ2n) is 4.07. The molecule has 0 spiro atoms. The first-order valence-corrected chi connectivity index (χ1v) is 6.18. The van der Waals surface area contributed by atoms with Gasteiger partial charge in [-0.05, 0) is 47.8 Å². The third kappa shape index (κ3) is 1.83. The molecule has 0 bridgehead atoms. The maximum absolute atomic E-state index is 14.0. The Bertz CT molecular complexity index is 359. The van der Waals surface area contributed by atoms with Gasteiger partial charge in [0.15, 0.2) is 0 Å². The Morgan fingerprint density at radius 1 is 1.53 bits per heavy atom. The lowest BCUT2D eigenvalue weighted by Gasteiger charge is -2.29. The van der Waals surface area contributed by atoms with Gasteiger partial charge in [-0.25, -0.2) is 4.39 Å². The molecule has 0 saturated carbocycles. The van der Waals surface area contributed by atoms with E-state index in [1.807, 2.05) is 12.1 Å². The van der Waals surface area contributed by atoms with Crippen LogP contribution in [0.3, 0.4) is 0 Å². The smallest absolute Gasteiger partial charge is 0.142 e. The molecule has 1 aliphatic heterocycles. The van der Waals surface area contributed by atoms with Crippen LogP contribution in [-0.4, -0.2) is 6.54 Å². The van der Waals surface area contributed by atoms with Crippen molar-refractivity contribution in [2.75, 3.05) is 6.54 Å². The van der Waals surface area contributed by atoms with E-state index in [0.717, 1.165) is 31.4 Å². The molecule has 1 atom stereocenters. The number of nitrogens with one attached hydrogen (secondary N) is 1. The number of rotatable bonds is 2. The SMILES string of the molecule is CCC1(c2cccc(Br)c2F)CCCN1. The summed E-state index contributed by atoms with van der Waals surface area (Å²) in [6.07, 6.45) is 3.08. The molecule has 1 aliphatic rings. The van der Waals surface area contributed by atoms with E-state index in [-0.39, 0.29) is 11.4 Å². The minimum absolute atomic E-state index is 0.117. The molecule has 0 amide bonds. The van der Waals surface area contributed by atoms with E-state index >= 15 is 0 Å². The van der Waals surface area contributed by atoms with Crippen LogP contribution in [0.4, 0.5) is 4.39 Å². The normalized spacial score (nSPS) is 25.8. The average molecular weight is 272 g/mol. The van der Waals surface area contributed by atoms with Crippen molar-refractivity contribution >= 4 is 15.9 Å². The van der Waals surface area contributed by atoms with Crippen molar-refractivity contribution in [1.82, 2.24) is 5.32 Å². The summed E-state index contributed by atoms with van der Waals surface area (Å²) in [6.45, 7) is 3.10. The number of halogens is 2. The van der Waals surface area contributed by atoms with E-state index in [2.05, 4.69) is 28.2 Å². The van der Waals surface area contributed by atoms with Gasteiger partial charge >= 0.3 is 0 Å². The minimum atomic E-state index is -0.145. The van der Waals surface area contributed by atoms with Crippen LogP contribution >= 0.6 is 15.9 Å². The van der Waals surface area contributed by atoms with Crippen molar-refractivity contribution < 1.29 is 4.39 Å². The monoisotopic (exact) mass is 271 g/mol. The summed E-state index contributed by atoms with van der Waals surface area (Å²) >= 11 is 3.24. The molecule has 0 radical (unpaired) electrons. The van der Waals surface area contributed by atoms with Gasteiger partial charge in [-0.15, -0.1) is 0 Å². The van der Waals surface area contributed by atoms with Crippen LogP contribution in [0, 0.1) is 5.82 Å². The summed E-state index contributed by atoms with van der Waals surface area (Å²) in [6, 6.07) is 5.54. The fraction of sp³-hybridized carbons (Fsp3) is 0.500. The highest BCUT2D eigenvalue weighted by Gasteiger charge is 2.35. The van der Waals surface area contributed by atoms with Crippen molar-refractivity contribution in [3.8, 4) is 0 Å². The zero-order chi connectivity index (χ0) is 10.9. The van der Waals surface area contributed by atoms with E-state index in [1.54, 1.807) is 6.07 Å². The minimum Gasteiger partial charge on any atom is -0.307 e. The second-order valence-corrected chi connectivity index (χ2v) is 4.92. The Morgan fingerprint density at radius 2 is 2.33 bits per heavy atom. The van der Waals surface area contributed by atoms with Crippen molar-refractivity contribution in [1.29, 1.82) is 0 Å². The molecule has 1 saturated heterocycles. The highest BCUT2D eigenvalue weighted by atomic mass is 79.9. The van der Waals surface area contributed by atoms with Crippen LogP contribution in [0.15, 0.2) is 22.7 Å². The van der Waals surface area contributed by atoms with E-state index < -0.39 is 0 Å². The first-order valence-electron chi connectivity index (χ1n) is 5.39. The summed E-state index contributed by atoms with van der Waals surface area (Å²) in [5.41, 5.74) is 0.658. The predicted octanol–water partition coefficient (Wildman–Crippen LogP) is 3.58. The van der Waals surface area contributed by atoms with Crippen LogP contribution in [0.5, 0.6) is 0 Å². The van der Waals surface area contributed by atoms with Gasteiger partial charge in [0.05, 0.1) is 4.47 Å². The third-order valence-electron chi connectivity index (χ3n) is 3.31. The zero-order valence-electron chi connectivity index (χ0n) is 8.82. The molecule has 82 valence electrons. The Balaban J connectivity index is 2.47. The number of hydrogen-bond acceptors (Lipinski definition) is 1. The number of benzene rings is 1. The van der Waals surface area contributed by atoms with Crippen LogP contribution in [0.1, 0.15) is 31.7 Å². The van der Waals surface area contributed by atoms with Crippen molar-refractivity contribution in [3.05, 3.63) is 34.1 Å². The first-order chi connectivity index (χ1) is 7.19. The lowest BCUT2D eigenvalue weighted by molar-refractivity contribution is 0.358. The molecular formula is C12H15BrFN. The topological polar surface area (TPSA) is 12.0 Å². The highest BCUT2D eigenvalue weighted by molar-refractivity contribution is 9.10. The Labute approximate surface area is 98.2 Å². The maximum Gasteiger partial charge on any atom is 0.142 e. The van der Waals surface area contributed by atoms with Crippen LogP contribution in [0.25, 0.3) is 0 Å². The molecule has 15 heavy (non-hydrogen) atoms. The van der Waals surface area contributed by atoms with Gasteiger partial charge in [-0.2, -0.15) is 0 Å². The molecular weight excluding hydrogens is 257 g/mol. The molecule has 1 N–H and O–H groups in total. The van der Waals surface area contributed by atoms with Crippen LogP contribution in [-0.2, 0) is 5.54 Å². The number of hydrogen-bond donors (Lipinski definition) is 1. The lowest BCUT2D eigenvalue weighted by Crippen LogP contribution is -2.36. The van der Waals surface area contributed by atoms with Gasteiger partial charge < -0.3 is 5.32 Å². The van der Waals surface area contributed by atoms with Crippen LogP contribution < -0.4 is 5.32 Å². The Kier molecular flexibility index (Phi) is 3.12. The predicted molar refractivity (Wildman–Crippen MR) is 63.3 cm³/mol. The molecule has 1 aromatic carbocycles. The summed E-state index contributed by atoms with van der Waals surface area (Å²) < 4.78 is 14.6. The molecule has 1 fully saturated rings. The summed E-state index contributed by atoms with van der Waals surface area (Å²) in [5.74, 6) is -0.117. The quantitative estimate of drug-likeness (QED) is 0.867. The van der Waals surface area contributed by atoms with Crippen LogP contribution in [0.2, 0.25) is 0 Å². The molecule has 2 rings (SSSR count). The van der Waals surface area contributed by atoms with Crippen molar-refractivity contribution in [2.45, 2.75) is 31.7 Å². The fourth-order valence-electron chi connectivity index (χ4n) is 2.40. The molecule has 1 aromatic rings. The van der Waals surface area contributed by atoms with Gasteiger partial charge in [0.25, 0.3) is 0 Å². The molecule has 3 heteroatoms. The molecule has 0 aromatic heterocycles. The van der Waals surface area contributed by atoms with Gasteiger partial charge in [0.1, 0.15) is 5.82 Å². The first kappa shape index (κ1) is 11.1. The van der Waals surface area contributed by atoms with E-state index in [0.29, 0.717) is 4.47 Å². The summed E-state index contributed by atoms with van der Waals surface area (Å²) in [4.78, 5) is 0. The lowest BCUT2D eigenvalue weighted by atomic mass is 9.85. The average Bonchev–Trinajstić information content (AvgIpc) is 2.72. The fourth-order valence-corrected chi connectivity index (χ4v) is 2.77. The molecule has 1 unspecified atom stereocenters. The second kappa shape index (κ2) is 4.22. The molecule has 1 nitrogen and oxygen atoms in total. The van der Waals surface area contributed by atoms with Crippen molar-refractivity contribution in [3.63, 3.8) is 0 Å². The Hall–Kier alpha value is -0.410. The molecule has 0 aliphatic carbocycles. The summed E-state index contributed by atoms with van der Waals surface area (Å²) in [5, 5.41) is 3.44. The summed E-state index contributed by atoms with van der Waals surface area (Å²) in [7, 11) is 0. The van der Waals surface area contributed by atoms with E-state index in [9.17, 15) is 4.39 Å². The Morgan fingerprint density at radius 3 is 2.93 bits per heavy atom. The van der Waals surface area contributed by atoms with Gasteiger partial charge in [0.2, 0.25) is 0 Å². The van der Waals surface area contributed by atoms with Gasteiger partial charge in [0, 0.05) is 11.1 Å². The standard InChI is InChI=1S/C12H15BrFN/c1-2-12(7-4-8-15-12)9-5-3-6-10(13)11(9)14/h3,5-6,15H,2,4,7-8H2,1H3. The van der Waals surface area contributed by atoms with Gasteiger partial charge in [-0.1, -0.05) is 19.1 Å². The van der Waals surface area contributed by atoms with Crippen molar-refractivity contribution in [2.24, 2.45) is 0 Å². The van der Waals surface area contributed by atoms with Gasteiger partial charge in [-0.3, -0.25) is 0 Å². The third-order valence-corrected chi connectivity index (χ3v) is 3.93. The highest BCUT2D eigenvalue weighted by Crippen LogP contribution is 2.37. The zero-order valence-corrected chi connectivity index (χ0v) is 10.4. The van der Waals surface area contributed by atoms with E-state index in [1.165, 1.54) is 0 Å². The van der Waals surface area contributed by atoms with E-state index in [4.69, 9.17) is 0 Å².